The summed E-state index contributed by atoms with van der Waals surface area (Å²) >= 11 is 6.13. The molecular formula is C16H21ClN2O2. The maximum atomic E-state index is 6.13. The maximum Gasteiger partial charge on any atom is 0.194 e. The number of nitrogens with one attached hydrogen (secondary N) is 1. The second-order valence-electron chi connectivity index (χ2n) is 4.93. The van der Waals surface area contributed by atoms with Gasteiger partial charge in [0.05, 0.1) is 12.8 Å². The predicted octanol–water partition coefficient (Wildman–Crippen LogP) is 3.47. The van der Waals surface area contributed by atoms with Gasteiger partial charge in [0.2, 0.25) is 0 Å². The first-order chi connectivity index (χ1) is 10.2. The molecule has 0 aliphatic heterocycles. The lowest BCUT2D eigenvalue weighted by Crippen LogP contribution is -2.20. The van der Waals surface area contributed by atoms with E-state index < -0.39 is 0 Å². The van der Waals surface area contributed by atoms with E-state index in [0.717, 1.165) is 60.3 Å². The summed E-state index contributed by atoms with van der Waals surface area (Å²) in [6.07, 6.45) is 3.56. The second-order valence-corrected chi connectivity index (χ2v) is 5.34. The Kier molecular flexibility index (Phi) is 6.23. The van der Waals surface area contributed by atoms with Gasteiger partial charge in [-0.1, -0.05) is 23.7 Å². The first kappa shape index (κ1) is 16.0. The summed E-state index contributed by atoms with van der Waals surface area (Å²) in [5, 5.41) is 4.04. The Morgan fingerprint density at radius 1 is 1.33 bits per heavy atom. The fourth-order valence-corrected chi connectivity index (χ4v) is 2.15. The van der Waals surface area contributed by atoms with Gasteiger partial charge >= 0.3 is 0 Å². The molecule has 1 aromatic heterocycles. The summed E-state index contributed by atoms with van der Waals surface area (Å²) in [6.45, 7) is 4.51. The number of hydrogen-bond donors (Lipinski definition) is 1. The molecule has 0 spiro atoms. The zero-order valence-electron chi connectivity index (χ0n) is 12.5. The molecule has 0 atom stereocenters. The molecule has 1 N–H and O–H groups in total. The third-order valence-corrected chi connectivity index (χ3v) is 3.64. The van der Waals surface area contributed by atoms with Crippen molar-refractivity contribution in [1.29, 1.82) is 0 Å². The highest BCUT2D eigenvalue weighted by Crippen LogP contribution is 2.26. The van der Waals surface area contributed by atoms with Crippen LogP contribution in [0.2, 0.25) is 5.02 Å². The van der Waals surface area contributed by atoms with Crippen LogP contribution in [0, 0.1) is 6.92 Å². The molecule has 2 rings (SSSR count). The summed E-state index contributed by atoms with van der Waals surface area (Å²) in [7, 11) is 1.70. The van der Waals surface area contributed by atoms with Gasteiger partial charge in [-0.3, -0.25) is 0 Å². The average molecular weight is 309 g/mol. The first-order valence-corrected chi connectivity index (χ1v) is 7.49. The summed E-state index contributed by atoms with van der Waals surface area (Å²) in [5.74, 6) is 1.52. The molecule has 0 aliphatic rings. The van der Waals surface area contributed by atoms with Crippen LogP contribution in [-0.4, -0.2) is 31.8 Å². The third-order valence-electron chi connectivity index (χ3n) is 3.24. The van der Waals surface area contributed by atoms with Crippen LogP contribution in [0.3, 0.4) is 0 Å². The molecule has 4 nitrogen and oxygen atoms in total. The molecule has 5 heteroatoms. The number of oxazole rings is 1. The highest BCUT2D eigenvalue weighted by molar-refractivity contribution is 6.31. The van der Waals surface area contributed by atoms with E-state index in [4.69, 9.17) is 20.8 Å². The van der Waals surface area contributed by atoms with Gasteiger partial charge in [-0.15, -0.1) is 0 Å². The zero-order valence-corrected chi connectivity index (χ0v) is 13.2. The van der Waals surface area contributed by atoms with Crippen molar-refractivity contribution in [2.24, 2.45) is 0 Å². The van der Waals surface area contributed by atoms with E-state index in [9.17, 15) is 0 Å². The molecule has 0 fully saturated rings. The molecule has 0 radical (unpaired) electrons. The molecule has 1 aromatic carbocycles. The monoisotopic (exact) mass is 308 g/mol. The van der Waals surface area contributed by atoms with Crippen LogP contribution >= 0.6 is 11.6 Å². The van der Waals surface area contributed by atoms with E-state index in [1.165, 1.54) is 0 Å². The molecule has 114 valence electrons. The minimum atomic E-state index is 0.733. The lowest BCUT2D eigenvalue weighted by Gasteiger charge is -2.02. The van der Waals surface area contributed by atoms with Gasteiger partial charge < -0.3 is 14.5 Å². The average Bonchev–Trinajstić information content (AvgIpc) is 2.94. The lowest BCUT2D eigenvalue weighted by atomic mass is 10.1. The van der Waals surface area contributed by atoms with Gasteiger partial charge in [-0.05, 0) is 31.5 Å². The Morgan fingerprint density at radius 3 is 2.95 bits per heavy atom. The van der Waals surface area contributed by atoms with Gasteiger partial charge in [0.25, 0.3) is 0 Å². The topological polar surface area (TPSA) is 47.3 Å². The van der Waals surface area contributed by atoms with Gasteiger partial charge in [-0.25, -0.2) is 4.98 Å². The number of hydrogen-bond acceptors (Lipinski definition) is 4. The molecular weight excluding hydrogens is 288 g/mol. The van der Waals surface area contributed by atoms with E-state index in [-0.39, 0.29) is 0 Å². The first-order valence-electron chi connectivity index (χ1n) is 7.11. The SMILES string of the molecule is COCCNCCCc1ncc(-c2ccc(C)c(Cl)c2)o1. The Balaban J connectivity index is 1.85. The standard InChI is InChI=1S/C16H21ClN2O2/c1-12-5-6-13(10-14(12)17)15-11-19-16(21-15)4-3-7-18-8-9-20-2/h5-6,10-11,18H,3-4,7-9H2,1-2H3. The van der Waals surface area contributed by atoms with Gasteiger partial charge in [0.15, 0.2) is 11.7 Å². The van der Waals surface area contributed by atoms with Crippen molar-refractivity contribution >= 4 is 11.6 Å². The minimum absolute atomic E-state index is 0.733. The Morgan fingerprint density at radius 2 is 2.19 bits per heavy atom. The number of ether oxygens (including phenoxy) is 1. The molecule has 0 saturated heterocycles. The van der Waals surface area contributed by atoms with Gasteiger partial charge in [0, 0.05) is 30.7 Å². The van der Waals surface area contributed by atoms with Crippen LogP contribution in [0.5, 0.6) is 0 Å². The molecule has 21 heavy (non-hydrogen) atoms. The van der Waals surface area contributed by atoms with E-state index in [1.54, 1.807) is 13.3 Å². The molecule has 0 saturated carbocycles. The molecule has 1 heterocycles. The normalized spacial score (nSPS) is 11.0. The van der Waals surface area contributed by atoms with Crippen molar-refractivity contribution in [3.63, 3.8) is 0 Å². The van der Waals surface area contributed by atoms with Crippen LogP contribution in [0.25, 0.3) is 11.3 Å². The van der Waals surface area contributed by atoms with Crippen LogP contribution in [0.1, 0.15) is 17.9 Å². The van der Waals surface area contributed by atoms with E-state index >= 15 is 0 Å². The number of methoxy groups -OCH3 is 1. The molecule has 0 bridgehead atoms. The van der Waals surface area contributed by atoms with Crippen LogP contribution in [0.15, 0.2) is 28.8 Å². The smallest absolute Gasteiger partial charge is 0.194 e. The van der Waals surface area contributed by atoms with Crippen molar-refractivity contribution in [3.8, 4) is 11.3 Å². The molecule has 2 aromatic rings. The Labute approximate surface area is 130 Å². The molecule has 0 unspecified atom stereocenters. The molecule has 0 amide bonds. The molecule has 0 aliphatic carbocycles. The fraction of sp³-hybridized carbons (Fsp3) is 0.438. The lowest BCUT2D eigenvalue weighted by molar-refractivity contribution is 0.199. The summed E-state index contributed by atoms with van der Waals surface area (Å²) in [6, 6.07) is 5.89. The van der Waals surface area contributed by atoms with Crippen LogP contribution < -0.4 is 5.32 Å². The number of aryl methyl sites for hydroxylation is 2. The van der Waals surface area contributed by atoms with Crippen molar-refractivity contribution in [3.05, 3.63) is 40.9 Å². The largest absolute Gasteiger partial charge is 0.441 e. The maximum absolute atomic E-state index is 6.13. The summed E-state index contributed by atoms with van der Waals surface area (Å²) in [4.78, 5) is 4.32. The van der Waals surface area contributed by atoms with E-state index in [1.807, 2.05) is 25.1 Å². The highest BCUT2D eigenvalue weighted by atomic mass is 35.5. The van der Waals surface area contributed by atoms with Gasteiger partial charge in [-0.2, -0.15) is 0 Å². The van der Waals surface area contributed by atoms with Crippen molar-refractivity contribution in [1.82, 2.24) is 10.3 Å². The zero-order chi connectivity index (χ0) is 15.1. The number of rotatable bonds is 8. The number of benzene rings is 1. The number of halogens is 1. The van der Waals surface area contributed by atoms with Crippen molar-refractivity contribution < 1.29 is 9.15 Å². The number of aromatic nitrogens is 1. The van der Waals surface area contributed by atoms with E-state index in [2.05, 4.69) is 10.3 Å². The Bertz CT molecular complexity index is 569. The van der Waals surface area contributed by atoms with Crippen molar-refractivity contribution in [2.75, 3.05) is 26.8 Å². The minimum Gasteiger partial charge on any atom is -0.441 e. The Hall–Kier alpha value is -1.36. The highest BCUT2D eigenvalue weighted by Gasteiger charge is 2.07. The number of nitrogens with zero attached hydrogens (tertiary/aromatic N) is 1. The third kappa shape index (κ3) is 4.84. The van der Waals surface area contributed by atoms with Crippen molar-refractivity contribution in [2.45, 2.75) is 19.8 Å². The van der Waals surface area contributed by atoms with E-state index in [0.29, 0.717) is 0 Å². The second kappa shape index (κ2) is 8.17. The summed E-state index contributed by atoms with van der Waals surface area (Å²) in [5.41, 5.74) is 2.02. The fourth-order valence-electron chi connectivity index (χ4n) is 1.97. The van der Waals surface area contributed by atoms with Crippen LogP contribution in [-0.2, 0) is 11.2 Å². The van der Waals surface area contributed by atoms with Crippen LogP contribution in [0.4, 0.5) is 0 Å². The predicted molar refractivity (Wildman–Crippen MR) is 84.8 cm³/mol. The quantitative estimate of drug-likeness (QED) is 0.759. The summed E-state index contributed by atoms with van der Waals surface area (Å²) < 4.78 is 10.7. The van der Waals surface area contributed by atoms with Gasteiger partial charge in [0.1, 0.15) is 0 Å².